The van der Waals surface area contributed by atoms with Crippen LogP contribution in [0, 0.1) is 10.8 Å². The Kier molecular flexibility index (Phi) is 21.6. The first-order chi connectivity index (χ1) is 31.3. The van der Waals surface area contributed by atoms with Gasteiger partial charge in [0.1, 0.15) is 18.1 Å². The summed E-state index contributed by atoms with van der Waals surface area (Å²) in [6, 6.07) is 9.34. The van der Waals surface area contributed by atoms with Crippen molar-refractivity contribution in [3.8, 4) is 0 Å². The zero-order chi connectivity index (χ0) is 48.5. The molecule has 1 aromatic rings. The van der Waals surface area contributed by atoms with Crippen LogP contribution in [-0.2, 0) is 73.2 Å². The molecule has 370 valence electrons. The van der Waals surface area contributed by atoms with Crippen LogP contribution in [0.1, 0.15) is 124 Å². The molecule has 1 aromatic carbocycles. The molecule has 9 atom stereocenters. The Morgan fingerprint density at radius 1 is 0.970 bits per heavy atom. The van der Waals surface area contributed by atoms with Gasteiger partial charge in [-0.1, -0.05) is 96.7 Å². The largest absolute Gasteiger partial charge is 0.466 e. The summed E-state index contributed by atoms with van der Waals surface area (Å²) in [5.74, 6) is -6.41. The number of hydrogen-bond donors (Lipinski definition) is 2. The number of aliphatic hydroxyl groups is 2. The molecule has 0 spiro atoms. The second kappa shape index (κ2) is 26.0. The minimum absolute atomic E-state index is 0.0569. The summed E-state index contributed by atoms with van der Waals surface area (Å²) in [6.07, 6.45) is -0.242. The van der Waals surface area contributed by atoms with Gasteiger partial charge in [-0.25, -0.2) is 4.79 Å². The first-order valence-electron chi connectivity index (χ1n) is 23.1. The number of alkyl halides is 1. The lowest BCUT2D eigenvalue weighted by molar-refractivity contribution is -0.328. The van der Waals surface area contributed by atoms with Gasteiger partial charge >= 0.3 is 29.8 Å². The molecule has 17 heteroatoms. The summed E-state index contributed by atoms with van der Waals surface area (Å²) < 4.78 is 53.7. The zero-order valence-electron chi connectivity index (χ0n) is 39.5. The van der Waals surface area contributed by atoms with Crippen molar-refractivity contribution in [1.29, 1.82) is 0 Å². The second-order valence-corrected chi connectivity index (χ2v) is 18.9. The van der Waals surface area contributed by atoms with Crippen LogP contribution in [0.5, 0.6) is 0 Å². The van der Waals surface area contributed by atoms with Crippen molar-refractivity contribution >= 4 is 41.4 Å². The Bertz CT molecular complexity index is 1800. The minimum Gasteiger partial charge on any atom is -0.466 e. The van der Waals surface area contributed by atoms with E-state index in [1.807, 2.05) is 30.3 Å². The van der Waals surface area contributed by atoms with Crippen LogP contribution in [0.15, 0.2) is 54.1 Å². The summed E-state index contributed by atoms with van der Waals surface area (Å²) in [5, 5.41) is 24.1. The molecule has 0 radical (unpaired) electrons. The zero-order valence-corrected chi connectivity index (χ0v) is 40.3. The first kappa shape index (κ1) is 54.7. The van der Waals surface area contributed by atoms with E-state index in [-0.39, 0.29) is 57.0 Å². The van der Waals surface area contributed by atoms with Gasteiger partial charge in [-0.3, -0.25) is 19.2 Å². The number of rotatable bonds is 16. The Morgan fingerprint density at radius 2 is 1.67 bits per heavy atom. The highest BCUT2D eigenvalue weighted by molar-refractivity contribution is 6.26. The average Bonchev–Trinajstić information content (AvgIpc) is 3.27. The summed E-state index contributed by atoms with van der Waals surface area (Å²) >= 11 is 5.68. The fraction of sp³-hybridized carbons (Fsp3) is 0.694. The number of cyclic esters (lactones) is 2. The fourth-order valence-corrected chi connectivity index (χ4v) is 8.11. The monoisotopic (exact) mass is 950 g/mol. The molecule has 3 aliphatic rings. The maximum Gasteiger partial charge on any atom is 0.330 e. The number of aliphatic hydroxyl groups excluding tert-OH is 1. The fourth-order valence-electron chi connectivity index (χ4n) is 8.04. The van der Waals surface area contributed by atoms with Gasteiger partial charge in [0, 0.05) is 36.2 Å². The molecule has 2 fully saturated rings. The molecule has 2 N–H and O–H groups in total. The topological polar surface area (TPSA) is 209 Å². The lowest BCUT2D eigenvalue weighted by Crippen LogP contribution is -2.62. The van der Waals surface area contributed by atoms with E-state index in [9.17, 15) is 34.2 Å². The highest BCUT2D eigenvalue weighted by atomic mass is 35.5. The van der Waals surface area contributed by atoms with Crippen molar-refractivity contribution in [2.45, 2.75) is 180 Å². The Balaban J connectivity index is 1.79. The smallest absolute Gasteiger partial charge is 0.330 e. The van der Waals surface area contributed by atoms with Crippen molar-refractivity contribution in [1.82, 2.24) is 0 Å². The second-order valence-electron chi connectivity index (χ2n) is 18.6. The van der Waals surface area contributed by atoms with Gasteiger partial charge in [-0.15, -0.1) is 11.6 Å². The number of fused-ring (bicyclic) bond motifs is 4. The van der Waals surface area contributed by atoms with Gasteiger partial charge in [0.05, 0.1) is 64.2 Å². The highest BCUT2D eigenvalue weighted by Crippen LogP contribution is 2.47. The maximum absolute atomic E-state index is 13.7. The van der Waals surface area contributed by atoms with Crippen LogP contribution < -0.4 is 0 Å². The molecule has 4 rings (SSSR count). The van der Waals surface area contributed by atoms with E-state index in [1.54, 1.807) is 46.8 Å². The van der Waals surface area contributed by atoms with E-state index < -0.39 is 108 Å². The number of methoxy groups -OCH3 is 1. The van der Waals surface area contributed by atoms with E-state index in [0.29, 0.717) is 12.8 Å². The molecular weight excluding hydrogens is 880 g/mol. The number of benzene rings is 1. The maximum atomic E-state index is 13.7. The molecule has 0 amide bonds. The molecule has 16 nitrogen and oxygen atoms in total. The number of esters is 5. The molecule has 3 aliphatic heterocycles. The van der Waals surface area contributed by atoms with Gasteiger partial charge in [-0.2, -0.15) is 0 Å². The Morgan fingerprint density at radius 3 is 2.35 bits per heavy atom. The van der Waals surface area contributed by atoms with Crippen molar-refractivity contribution in [2.75, 3.05) is 26.2 Å². The van der Waals surface area contributed by atoms with E-state index in [4.69, 9.17) is 54.2 Å². The number of ether oxygens (including phenoxy) is 9. The van der Waals surface area contributed by atoms with Gasteiger partial charge in [0.25, 0.3) is 0 Å². The van der Waals surface area contributed by atoms with Gasteiger partial charge < -0.3 is 52.8 Å². The predicted octanol–water partition coefficient (Wildman–Crippen LogP) is 6.72. The van der Waals surface area contributed by atoms with Gasteiger partial charge in [0.15, 0.2) is 12.4 Å². The molecule has 3 heterocycles. The van der Waals surface area contributed by atoms with Crippen LogP contribution in [-0.4, -0.2) is 121 Å². The van der Waals surface area contributed by atoms with Crippen molar-refractivity contribution in [2.24, 2.45) is 10.8 Å². The van der Waals surface area contributed by atoms with E-state index in [2.05, 4.69) is 6.92 Å². The molecule has 66 heavy (non-hydrogen) atoms. The van der Waals surface area contributed by atoms with Crippen LogP contribution in [0.3, 0.4) is 0 Å². The number of hydrogen-bond acceptors (Lipinski definition) is 16. The van der Waals surface area contributed by atoms with Crippen molar-refractivity contribution < 1.29 is 76.8 Å². The summed E-state index contributed by atoms with van der Waals surface area (Å²) in [6.45, 7) is 10.9. The molecule has 0 aromatic heterocycles. The van der Waals surface area contributed by atoms with Crippen LogP contribution in [0.2, 0.25) is 0 Å². The lowest BCUT2D eigenvalue weighted by atomic mass is 9.74. The van der Waals surface area contributed by atoms with E-state index in [0.717, 1.165) is 31.2 Å². The summed E-state index contributed by atoms with van der Waals surface area (Å²) in [7, 11) is 1.21. The molecular formula is C49H71ClO16. The van der Waals surface area contributed by atoms with Crippen LogP contribution in [0.4, 0.5) is 0 Å². The molecule has 0 unspecified atom stereocenters. The summed E-state index contributed by atoms with van der Waals surface area (Å²) in [5.41, 5.74) is -1.34. The highest BCUT2D eigenvalue weighted by Gasteiger charge is 2.58. The quantitative estimate of drug-likeness (QED) is 0.0440. The third-order valence-electron chi connectivity index (χ3n) is 12.2. The average molecular weight is 952 g/mol. The number of carbonyl (C=O) groups is 5. The SMILES string of the molecule is CCCCCCCC(=O)O[C@H]1/C(=C/C(=O)OC)C[C@H]2C[C@H]([C@@H](C)OCc3ccccc3)OC(=O)C[C@H](O)CC(=O)O[C@H](C(C)(C)COC(=O)CCl)C[C@@H]3CCO[C@H](/C=C/C(C)(C)[C@]1(O)O2)O3. The van der Waals surface area contributed by atoms with E-state index in [1.165, 1.54) is 13.2 Å². The Hall–Kier alpha value is -3.90. The number of halogens is 1. The number of carbonyl (C=O) groups excluding carboxylic acids is 5. The van der Waals surface area contributed by atoms with Crippen LogP contribution in [0.25, 0.3) is 0 Å². The Labute approximate surface area is 393 Å². The molecule has 2 saturated heterocycles. The van der Waals surface area contributed by atoms with Gasteiger partial charge in [-0.05, 0) is 43.4 Å². The third kappa shape index (κ3) is 16.7. The standard InChI is InChI=1S/C49H71ClO16/c1-8-9-10-11-15-18-40(52)65-46-34(24-41(53)58-7)23-37-27-38(32(2)60-30-33-16-13-12-14-17-33)63-42(54)25-35(51)26-43(55)64-39(47(3,4)31-61-44(56)29-50)28-36-20-22-59-45(62-36)19-21-48(5,6)49(46,57)66-37/h12-14,16-17,19,21,24,32,35-39,45-46,51,57H,8-11,15,18,20,22-23,25-31H2,1-7H3/b21-19+,34-24+/t32-,35+,36+,37+,38-,39+,45+,46+,49-/m1/s1. The first-order valence-corrected chi connectivity index (χ1v) is 23.6. The van der Waals surface area contributed by atoms with Crippen molar-refractivity contribution in [3.05, 3.63) is 59.7 Å². The number of unbranched alkanes of at least 4 members (excludes halogenated alkanes) is 4. The molecule has 4 bridgehead atoms. The lowest BCUT2D eigenvalue weighted by Gasteiger charge is -2.51. The van der Waals surface area contributed by atoms with Crippen LogP contribution >= 0.6 is 11.6 Å². The predicted molar refractivity (Wildman–Crippen MR) is 240 cm³/mol. The third-order valence-corrected chi connectivity index (χ3v) is 12.4. The normalized spacial score (nSPS) is 29.4. The summed E-state index contributed by atoms with van der Waals surface area (Å²) in [4.78, 5) is 65.8. The molecule has 0 aliphatic carbocycles. The minimum atomic E-state index is -2.36. The van der Waals surface area contributed by atoms with Gasteiger partial charge in [0.2, 0.25) is 5.79 Å². The van der Waals surface area contributed by atoms with Crippen molar-refractivity contribution in [3.63, 3.8) is 0 Å². The molecule has 0 saturated carbocycles. The van der Waals surface area contributed by atoms with E-state index >= 15 is 0 Å².